The molecule has 1 atom stereocenters. The fourth-order valence-corrected chi connectivity index (χ4v) is 2.24. The summed E-state index contributed by atoms with van der Waals surface area (Å²) in [5.41, 5.74) is 0.456. The zero-order valence-electron chi connectivity index (χ0n) is 11.0. The minimum absolute atomic E-state index is 0.0263. The van der Waals surface area contributed by atoms with Gasteiger partial charge in [0.15, 0.2) is 5.78 Å². The summed E-state index contributed by atoms with van der Waals surface area (Å²) in [6, 6.07) is 9.60. The molecule has 0 aromatic heterocycles. The van der Waals surface area contributed by atoms with E-state index in [1.807, 2.05) is 0 Å². The molecule has 0 spiro atoms. The average molecular weight is 306 g/mol. The minimum atomic E-state index is -1.37. The Morgan fingerprint density at radius 2 is 2.00 bits per heavy atom. The van der Waals surface area contributed by atoms with E-state index in [4.69, 9.17) is 11.6 Å². The van der Waals surface area contributed by atoms with Crippen LogP contribution in [0.5, 0.6) is 0 Å². The van der Waals surface area contributed by atoms with Crippen LogP contribution in [0.3, 0.4) is 0 Å². The van der Waals surface area contributed by atoms with Gasteiger partial charge in [-0.05, 0) is 36.8 Å². The third-order valence-electron chi connectivity index (χ3n) is 3.01. The molecule has 5 heteroatoms. The Labute approximate surface area is 125 Å². The van der Waals surface area contributed by atoms with Gasteiger partial charge in [-0.25, -0.2) is 8.78 Å². The molecule has 0 amide bonds. The average Bonchev–Trinajstić information content (AvgIpc) is 2.43. The van der Waals surface area contributed by atoms with Crippen molar-refractivity contribution in [2.45, 2.75) is 12.8 Å². The summed E-state index contributed by atoms with van der Waals surface area (Å²) in [7, 11) is 0. The van der Waals surface area contributed by atoms with Crippen molar-refractivity contribution in [3.8, 4) is 6.07 Å². The smallest absolute Gasteiger partial charge is 0.184 e. The van der Waals surface area contributed by atoms with Crippen LogP contribution < -0.4 is 0 Å². The lowest BCUT2D eigenvalue weighted by atomic mass is 9.91. The molecule has 2 aromatic carbocycles. The SMILES string of the molecule is Cc1cc(F)cc(C(=O)C(C#N)c2cccc(Cl)c2F)c1. The topological polar surface area (TPSA) is 40.9 Å². The van der Waals surface area contributed by atoms with E-state index in [1.165, 1.54) is 30.3 Å². The third-order valence-corrected chi connectivity index (χ3v) is 3.30. The second-order valence-corrected chi connectivity index (χ2v) is 4.99. The highest BCUT2D eigenvalue weighted by atomic mass is 35.5. The zero-order chi connectivity index (χ0) is 15.6. The van der Waals surface area contributed by atoms with Crippen molar-refractivity contribution in [1.82, 2.24) is 0 Å². The number of Topliss-reactive ketones (excluding diaryl/α,β-unsaturated/α-hetero) is 1. The summed E-state index contributed by atoms with van der Waals surface area (Å²) in [5.74, 6) is -3.43. The monoisotopic (exact) mass is 305 g/mol. The number of aryl methyl sites for hydroxylation is 1. The van der Waals surface area contributed by atoms with Crippen molar-refractivity contribution in [2.75, 3.05) is 0 Å². The molecule has 1 unspecified atom stereocenters. The van der Waals surface area contributed by atoms with Gasteiger partial charge in [-0.3, -0.25) is 4.79 Å². The molecule has 2 aromatic rings. The van der Waals surface area contributed by atoms with Gasteiger partial charge in [-0.2, -0.15) is 5.26 Å². The number of carbonyl (C=O) groups is 1. The Balaban J connectivity index is 2.49. The first kappa shape index (κ1) is 15.1. The van der Waals surface area contributed by atoms with Crippen molar-refractivity contribution in [3.63, 3.8) is 0 Å². The third kappa shape index (κ3) is 3.09. The van der Waals surface area contributed by atoms with Crippen LogP contribution in [-0.2, 0) is 0 Å². The number of nitriles is 1. The van der Waals surface area contributed by atoms with Crippen LogP contribution in [0, 0.1) is 29.9 Å². The minimum Gasteiger partial charge on any atom is -0.292 e. The molecule has 21 heavy (non-hydrogen) atoms. The predicted molar refractivity (Wildman–Crippen MR) is 75.2 cm³/mol. The quantitative estimate of drug-likeness (QED) is 0.788. The van der Waals surface area contributed by atoms with Crippen LogP contribution in [-0.4, -0.2) is 5.78 Å². The predicted octanol–water partition coefficient (Wildman–Crippen LogP) is 4.42. The fraction of sp³-hybridized carbons (Fsp3) is 0.125. The lowest BCUT2D eigenvalue weighted by Crippen LogP contribution is -2.13. The van der Waals surface area contributed by atoms with Crippen LogP contribution in [0.15, 0.2) is 36.4 Å². The van der Waals surface area contributed by atoms with Gasteiger partial charge >= 0.3 is 0 Å². The van der Waals surface area contributed by atoms with Gasteiger partial charge in [0.25, 0.3) is 0 Å². The van der Waals surface area contributed by atoms with Crippen molar-refractivity contribution >= 4 is 17.4 Å². The molecule has 2 rings (SSSR count). The number of hydrogen-bond acceptors (Lipinski definition) is 2. The number of carbonyl (C=O) groups excluding carboxylic acids is 1. The van der Waals surface area contributed by atoms with Crippen molar-refractivity contribution in [3.05, 3.63) is 69.7 Å². The molecule has 0 radical (unpaired) electrons. The van der Waals surface area contributed by atoms with E-state index in [0.29, 0.717) is 5.56 Å². The molecule has 0 aliphatic heterocycles. The highest BCUT2D eigenvalue weighted by molar-refractivity contribution is 6.30. The van der Waals surface area contributed by atoms with Crippen LogP contribution >= 0.6 is 11.6 Å². The first-order valence-electron chi connectivity index (χ1n) is 6.09. The number of rotatable bonds is 3. The Morgan fingerprint density at radius 1 is 1.29 bits per heavy atom. The lowest BCUT2D eigenvalue weighted by Gasteiger charge is -2.11. The molecule has 0 aliphatic carbocycles. The summed E-state index contributed by atoms with van der Waals surface area (Å²) >= 11 is 5.66. The number of halogens is 3. The molecule has 0 fully saturated rings. The summed E-state index contributed by atoms with van der Waals surface area (Å²) in [4.78, 5) is 12.3. The second kappa shape index (κ2) is 6.02. The second-order valence-electron chi connectivity index (χ2n) is 4.59. The van der Waals surface area contributed by atoms with E-state index < -0.39 is 23.3 Å². The van der Waals surface area contributed by atoms with Gasteiger partial charge in [0.05, 0.1) is 11.1 Å². The lowest BCUT2D eigenvalue weighted by molar-refractivity contribution is 0.0977. The molecular formula is C16H10ClF2NO. The van der Waals surface area contributed by atoms with Crippen LogP contribution in [0.1, 0.15) is 27.4 Å². The van der Waals surface area contributed by atoms with E-state index in [9.17, 15) is 18.8 Å². The van der Waals surface area contributed by atoms with Gasteiger partial charge in [0.2, 0.25) is 0 Å². The van der Waals surface area contributed by atoms with Crippen molar-refractivity contribution < 1.29 is 13.6 Å². The van der Waals surface area contributed by atoms with Gasteiger partial charge in [0, 0.05) is 11.1 Å². The van der Waals surface area contributed by atoms with Crippen LogP contribution in [0.2, 0.25) is 5.02 Å². The normalized spacial score (nSPS) is 11.8. The first-order valence-corrected chi connectivity index (χ1v) is 6.46. The van der Waals surface area contributed by atoms with Gasteiger partial charge in [-0.15, -0.1) is 0 Å². The number of nitrogens with zero attached hydrogens (tertiary/aromatic N) is 1. The maximum Gasteiger partial charge on any atom is 0.184 e. The molecule has 106 valence electrons. The summed E-state index contributed by atoms with van der Waals surface area (Å²) in [6.45, 7) is 1.63. The van der Waals surface area contributed by atoms with Crippen molar-refractivity contribution in [1.29, 1.82) is 5.26 Å². The molecule has 2 nitrogen and oxygen atoms in total. The van der Waals surface area contributed by atoms with Gasteiger partial charge in [-0.1, -0.05) is 23.7 Å². The van der Waals surface area contributed by atoms with Crippen LogP contribution in [0.4, 0.5) is 8.78 Å². The van der Waals surface area contributed by atoms with E-state index >= 15 is 0 Å². The van der Waals surface area contributed by atoms with E-state index in [0.717, 1.165) is 6.07 Å². The Morgan fingerprint density at radius 3 is 2.62 bits per heavy atom. The number of hydrogen-bond donors (Lipinski definition) is 0. The summed E-state index contributed by atoms with van der Waals surface area (Å²) in [6.07, 6.45) is 0. The standard InChI is InChI=1S/C16H10ClF2NO/c1-9-5-10(7-11(18)6-9)16(21)13(8-20)12-3-2-4-14(17)15(12)19/h2-7,13H,1H3. The molecule has 0 bridgehead atoms. The van der Waals surface area contributed by atoms with E-state index in [2.05, 4.69) is 0 Å². The molecule has 0 N–H and O–H groups in total. The van der Waals surface area contributed by atoms with Crippen molar-refractivity contribution in [2.24, 2.45) is 0 Å². The Hall–Kier alpha value is -2.25. The number of benzene rings is 2. The molecule has 0 saturated heterocycles. The van der Waals surface area contributed by atoms with Gasteiger partial charge < -0.3 is 0 Å². The maximum absolute atomic E-state index is 14.0. The maximum atomic E-state index is 14.0. The molecule has 0 heterocycles. The number of ketones is 1. The first-order chi connectivity index (χ1) is 9.93. The van der Waals surface area contributed by atoms with Crippen LogP contribution in [0.25, 0.3) is 0 Å². The van der Waals surface area contributed by atoms with E-state index in [1.54, 1.807) is 13.0 Å². The largest absolute Gasteiger partial charge is 0.292 e. The zero-order valence-corrected chi connectivity index (χ0v) is 11.8. The highest BCUT2D eigenvalue weighted by Gasteiger charge is 2.26. The molecule has 0 saturated carbocycles. The summed E-state index contributed by atoms with van der Waals surface area (Å²) in [5, 5.41) is 9.02. The fourth-order valence-electron chi connectivity index (χ4n) is 2.06. The highest BCUT2D eigenvalue weighted by Crippen LogP contribution is 2.27. The van der Waals surface area contributed by atoms with Gasteiger partial charge in [0.1, 0.15) is 17.6 Å². The molecule has 0 aliphatic rings. The van der Waals surface area contributed by atoms with E-state index in [-0.39, 0.29) is 16.1 Å². The molecular weight excluding hydrogens is 296 g/mol. The summed E-state index contributed by atoms with van der Waals surface area (Å²) < 4.78 is 27.3. The Kier molecular flexibility index (Phi) is 4.35. The Bertz CT molecular complexity index is 732.